The zero-order valence-electron chi connectivity index (χ0n) is 19.0. The summed E-state index contributed by atoms with van der Waals surface area (Å²) in [5, 5.41) is 40.6. The Hall–Kier alpha value is -1.67. The van der Waals surface area contributed by atoms with Gasteiger partial charge in [0.25, 0.3) is 0 Å². The molecule has 4 rings (SSSR count). The fourth-order valence-corrected chi connectivity index (χ4v) is 5.05. The Bertz CT molecular complexity index is 923. The van der Waals surface area contributed by atoms with Gasteiger partial charge in [0, 0.05) is 5.02 Å². The van der Waals surface area contributed by atoms with Crippen LogP contribution < -0.4 is 4.74 Å². The van der Waals surface area contributed by atoms with E-state index in [1.807, 2.05) is 30.3 Å². The highest BCUT2D eigenvalue weighted by Crippen LogP contribution is 2.35. The molecule has 2 fully saturated rings. The first-order valence-corrected chi connectivity index (χ1v) is 12.0. The van der Waals surface area contributed by atoms with Gasteiger partial charge in [-0.15, -0.1) is 0 Å². The van der Waals surface area contributed by atoms with Crippen LogP contribution in [0.3, 0.4) is 0 Å². The Labute approximate surface area is 199 Å². The first kappa shape index (κ1) is 24.5. The number of benzene rings is 2. The average Bonchev–Trinajstić information content (AvgIpc) is 3.12. The molecule has 0 spiro atoms. The second-order valence-electron chi connectivity index (χ2n) is 9.59. The molecule has 0 radical (unpaired) electrons. The molecule has 1 heterocycles. The molecule has 1 saturated carbocycles. The normalized spacial score (nSPS) is 34.4. The summed E-state index contributed by atoms with van der Waals surface area (Å²) in [5.41, 5.74) is 2.53. The molecule has 2 aliphatic rings. The van der Waals surface area contributed by atoms with Gasteiger partial charge in [-0.2, -0.15) is 0 Å². The smallest absolute Gasteiger partial charge is 0.119 e. The maximum Gasteiger partial charge on any atom is 0.119 e. The third-order valence-corrected chi connectivity index (χ3v) is 7.52. The summed E-state index contributed by atoms with van der Waals surface area (Å²) in [4.78, 5) is 0. The summed E-state index contributed by atoms with van der Waals surface area (Å²) < 4.78 is 11.8. The number of hydrogen-bond donors (Lipinski definition) is 4. The van der Waals surface area contributed by atoms with Gasteiger partial charge in [0.15, 0.2) is 0 Å². The van der Waals surface area contributed by atoms with Gasteiger partial charge < -0.3 is 29.9 Å². The quantitative estimate of drug-likeness (QED) is 0.510. The van der Waals surface area contributed by atoms with E-state index in [4.69, 9.17) is 21.1 Å². The molecule has 0 bridgehead atoms. The van der Waals surface area contributed by atoms with E-state index in [2.05, 4.69) is 13.8 Å². The minimum absolute atomic E-state index is 0.269. The predicted octanol–water partition coefficient (Wildman–Crippen LogP) is 3.26. The number of aliphatic hydroxyl groups is 4. The molecule has 1 aliphatic heterocycles. The first-order valence-electron chi connectivity index (χ1n) is 11.6. The summed E-state index contributed by atoms with van der Waals surface area (Å²) in [7, 11) is 0. The zero-order valence-corrected chi connectivity index (χ0v) is 19.7. The molecular weight excluding hydrogens is 444 g/mol. The van der Waals surface area contributed by atoms with Crippen LogP contribution in [0, 0.1) is 11.8 Å². The van der Waals surface area contributed by atoms with Crippen molar-refractivity contribution >= 4 is 11.6 Å². The minimum Gasteiger partial charge on any atom is -0.490 e. The van der Waals surface area contributed by atoms with Crippen LogP contribution in [-0.4, -0.2) is 57.6 Å². The van der Waals surface area contributed by atoms with Crippen LogP contribution in [0.1, 0.15) is 49.5 Å². The van der Waals surface area contributed by atoms with Crippen LogP contribution in [0.5, 0.6) is 5.75 Å². The summed E-state index contributed by atoms with van der Waals surface area (Å²) in [6.45, 7) is 4.09. The van der Waals surface area contributed by atoms with Crippen molar-refractivity contribution in [3.63, 3.8) is 0 Å². The molecular formula is C26H33ClO6. The molecule has 2 aromatic rings. The van der Waals surface area contributed by atoms with E-state index in [1.54, 1.807) is 12.1 Å². The third-order valence-electron chi connectivity index (χ3n) is 7.15. The molecule has 1 aliphatic carbocycles. The highest BCUT2D eigenvalue weighted by Gasteiger charge is 2.44. The maximum atomic E-state index is 10.4. The van der Waals surface area contributed by atoms with E-state index >= 15 is 0 Å². The third kappa shape index (κ3) is 5.37. The summed E-state index contributed by atoms with van der Waals surface area (Å²) in [5.74, 6) is 2.24. The second-order valence-corrected chi connectivity index (χ2v) is 9.99. The number of hydrogen-bond acceptors (Lipinski definition) is 6. The predicted molar refractivity (Wildman–Crippen MR) is 125 cm³/mol. The minimum atomic E-state index is -1.42. The standard InChI is InChI=1S/C26H33ClO6/c1-14-9-20(10-15(14)2)32-19-6-3-16(4-7-19)11-18-12-17(5-8-21(18)27)26-25(31)24(30)23(29)22(13-28)33-26/h3-8,12,14-15,20,22-26,28-31H,9-11,13H2,1-2H3/t14-,15+,20?,22-,23-,24+,25-,26?/m1/s1. The van der Waals surface area contributed by atoms with Crippen molar-refractivity contribution in [2.45, 2.75) is 69.7 Å². The molecule has 7 heteroatoms. The summed E-state index contributed by atoms with van der Waals surface area (Å²) in [6, 6.07) is 13.3. The van der Waals surface area contributed by atoms with Gasteiger partial charge in [-0.1, -0.05) is 49.7 Å². The Morgan fingerprint density at radius 3 is 2.24 bits per heavy atom. The lowest BCUT2D eigenvalue weighted by Crippen LogP contribution is -2.55. The van der Waals surface area contributed by atoms with Crippen LogP contribution in [-0.2, 0) is 11.2 Å². The second kappa shape index (κ2) is 10.3. The van der Waals surface area contributed by atoms with Crippen molar-refractivity contribution < 1.29 is 29.9 Å². The Balaban J connectivity index is 1.46. The zero-order chi connectivity index (χ0) is 23.7. The van der Waals surface area contributed by atoms with Gasteiger partial charge in [-0.25, -0.2) is 0 Å². The molecule has 0 amide bonds. The Morgan fingerprint density at radius 2 is 1.61 bits per heavy atom. The topological polar surface area (TPSA) is 99.4 Å². The van der Waals surface area contributed by atoms with Crippen molar-refractivity contribution in [3.8, 4) is 5.75 Å². The summed E-state index contributed by atoms with van der Waals surface area (Å²) >= 11 is 6.44. The van der Waals surface area contributed by atoms with E-state index in [0.29, 0.717) is 28.8 Å². The number of rotatable bonds is 6. The van der Waals surface area contributed by atoms with Gasteiger partial charge in [0.2, 0.25) is 0 Å². The number of ether oxygens (including phenoxy) is 2. The Kier molecular flexibility index (Phi) is 7.63. The van der Waals surface area contributed by atoms with Gasteiger partial charge in [-0.3, -0.25) is 0 Å². The molecule has 33 heavy (non-hydrogen) atoms. The largest absolute Gasteiger partial charge is 0.490 e. The molecule has 0 aromatic heterocycles. The van der Waals surface area contributed by atoms with E-state index in [1.165, 1.54) is 0 Å². The fourth-order valence-electron chi connectivity index (χ4n) is 4.87. The Morgan fingerprint density at radius 1 is 0.939 bits per heavy atom. The van der Waals surface area contributed by atoms with Crippen molar-refractivity contribution in [3.05, 3.63) is 64.2 Å². The van der Waals surface area contributed by atoms with Gasteiger partial charge in [0.05, 0.1) is 12.7 Å². The van der Waals surface area contributed by atoms with Gasteiger partial charge in [0.1, 0.15) is 36.3 Å². The SMILES string of the molecule is C[C@@H]1CC(Oc2ccc(Cc3cc(C4O[C@H](CO)[C@@H](O)[C@H](O)[C@H]4O)ccc3Cl)cc2)C[C@@H]1C. The summed E-state index contributed by atoms with van der Waals surface area (Å²) in [6.07, 6.45) is -2.95. The average molecular weight is 477 g/mol. The lowest BCUT2D eigenvalue weighted by atomic mass is 9.90. The number of halogens is 1. The van der Waals surface area contributed by atoms with Crippen molar-refractivity contribution in [1.29, 1.82) is 0 Å². The van der Waals surface area contributed by atoms with E-state index < -0.39 is 37.1 Å². The monoisotopic (exact) mass is 476 g/mol. The lowest BCUT2D eigenvalue weighted by Gasteiger charge is -2.40. The molecule has 2 unspecified atom stereocenters. The van der Waals surface area contributed by atoms with E-state index in [9.17, 15) is 20.4 Å². The van der Waals surface area contributed by atoms with Crippen LogP contribution in [0.15, 0.2) is 42.5 Å². The highest BCUT2D eigenvalue weighted by atomic mass is 35.5. The van der Waals surface area contributed by atoms with Gasteiger partial charge in [-0.05, 0) is 66.0 Å². The van der Waals surface area contributed by atoms with Gasteiger partial charge >= 0.3 is 0 Å². The number of aliphatic hydroxyl groups excluding tert-OH is 4. The molecule has 6 nitrogen and oxygen atoms in total. The van der Waals surface area contributed by atoms with Crippen LogP contribution >= 0.6 is 11.6 Å². The molecule has 2 aromatic carbocycles. The van der Waals surface area contributed by atoms with Crippen LogP contribution in [0.2, 0.25) is 5.02 Å². The fraction of sp³-hybridized carbons (Fsp3) is 0.538. The van der Waals surface area contributed by atoms with E-state index in [-0.39, 0.29) is 6.10 Å². The molecule has 8 atom stereocenters. The van der Waals surface area contributed by atoms with E-state index in [0.717, 1.165) is 29.7 Å². The van der Waals surface area contributed by atoms with Crippen LogP contribution in [0.4, 0.5) is 0 Å². The first-order chi connectivity index (χ1) is 15.8. The maximum absolute atomic E-state index is 10.4. The highest BCUT2D eigenvalue weighted by molar-refractivity contribution is 6.31. The van der Waals surface area contributed by atoms with Crippen molar-refractivity contribution in [1.82, 2.24) is 0 Å². The molecule has 4 N–H and O–H groups in total. The molecule has 1 saturated heterocycles. The van der Waals surface area contributed by atoms with Crippen LogP contribution in [0.25, 0.3) is 0 Å². The van der Waals surface area contributed by atoms with Crippen molar-refractivity contribution in [2.75, 3.05) is 6.61 Å². The molecule has 180 valence electrons. The lowest BCUT2D eigenvalue weighted by molar-refractivity contribution is -0.231. The van der Waals surface area contributed by atoms with Crippen molar-refractivity contribution in [2.24, 2.45) is 11.8 Å².